The number of allylic oxidation sites excluding steroid dienone is 2. The van der Waals surface area contributed by atoms with Crippen molar-refractivity contribution in [1.82, 2.24) is 43.6 Å². The normalized spacial score (nSPS) is 11.7. The van der Waals surface area contributed by atoms with E-state index >= 15 is 0 Å². The van der Waals surface area contributed by atoms with Gasteiger partial charge in [-0.25, -0.2) is 15.0 Å². The second-order valence-electron chi connectivity index (χ2n) is 14.5. The molecule has 7 rings (SSSR count). The van der Waals surface area contributed by atoms with E-state index in [1.54, 1.807) is 46.8 Å². The third kappa shape index (κ3) is 8.70. The third-order valence-corrected chi connectivity index (χ3v) is 10.2. The lowest BCUT2D eigenvalue weighted by Gasteiger charge is -2.13. The largest absolute Gasteiger partial charge is 0.491 e. The van der Waals surface area contributed by atoms with Crippen LogP contribution < -0.4 is 26.3 Å². The standard InChI is InChI=1S/C43H50N12O7/c1-6-54-32(18-25(3)50-54)40-46-24-30-29-20-27(38(44)57)22-34(62-17-11-15-60-5)36(29)52(41(30)48-40)12-8-9-13-53-37-31(21-28(39(45)58)23-35(37)61-16-10-14-56)47-43(53)49-42(59)33-19-26(4)51-55(33)7-2/h8-9,18-24,56H,6-7,10-17H2,1-5H3,(H2,44,57)(H2,45,58)(H,47,49,59). The van der Waals surface area contributed by atoms with Gasteiger partial charge in [0.25, 0.3) is 5.91 Å². The number of aliphatic hydroxyl groups is 1. The van der Waals surface area contributed by atoms with Gasteiger partial charge in [0.15, 0.2) is 5.82 Å². The average Bonchev–Trinajstić information content (AvgIpc) is 4.01. The molecule has 62 heavy (non-hydrogen) atoms. The molecule has 0 atom stereocenters. The number of ether oxygens (including phenoxy) is 3. The van der Waals surface area contributed by atoms with Gasteiger partial charge in [-0.3, -0.25) is 29.1 Å². The van der Waals surface area contributed by atoms with E-state index in [4.69, 9.17) is 40.6 Å². The number of aromatic nitrogens is 9. The number of methoxy groups -OCH3 is 1. The van der Waals surface area contributed by atoms with Crippen LogP contribution in [0.15, 0.2) is 54.7 Å². The second-order valence-corrected chi connectivity index (χ2v) is 14.5. The van der Waals surface area contributed by atoms with Crippen LogP contribution in [0.1, 0.15) is 69.3 Å². The summed E-state index contributed by atoms with van der Waals surface area (Å²) in [5, 5.41) is 22.8. The molecule has 19 heteroatoms. The maximum absolute atomic E-state index is 13.8. The Morgan fingerprint density at radius 2 is 1.42 bits per heavy atom. The number of aliphatic hydroxyl groups excluding tert-OH is 1. The number of carbonyl (C=O) groups excluding carboxylic acids is 3. The zero-order chi connectivity index (χ0) is 44.1. The Hall–Kier alpha value is -7.12. The summed E-state index contributed by atoms with van der Waals surface area (Å²) in [5.41, 5.74) is 16.7. The zero-order valence-electron chi connectivity index (χ0n) is 35.3. The number of aryl methyl sites for hydroxylation is 4. The van der Waals surface area contributed by atoms with Crippen molar-refractivity contribution >= 4 is 56.6 Å². The zero-order valence-corrected chi connectivity index (χ0v) is 35.3. The van der Waals surface area contributed by atoms with Crippen molar-refractivity contribution in [2.24, 2.45) is 11.5 Å². The number of hydrogen-bond acceptors (Lipinski definition) is 12. The summed E-state index contributed by atoms with van der Waals surface area (Å²) < 4.78 is 24.9. The summed E-state index contributed by atoms with van der Waals surface area (Å²) in [6.45, 7) is 10.0. The molecule has 3 amide bonds. The average molecular weight is 847 g/mol. The van der Waals surface area contributed by atoms with Crippen molar-refractivity contribution in [2.75, 3.05) is 38.9 Å². The Labute approximate surface area is 356 Å². The summed E-state index contributed by atoms with van der Waals surface area (Å²) in [4.78, 5) is 53.4. The Bertz CT molecular complexity index is 2830. The highest BCUT2D eigenvalue weighted by Crippen LogP contribution is 2.37. The number of benzene rings is 2. The summed E-state index contributed by atoms with van der Waals surface area (Å²) in [7, 11) is 1.62. The van der Waals surface area contributed by atoms with Gasteiger partial charge < -0.3 is 39.9 Å². The van der Waals surface area contributed by atoms with Gasteiger partial charge in [0, 0.05) is 87.4 Å². The molecule has 0 unspecified atom stereocenters. The van der Waals surface area contributed by atoms with Gasteiger partial charge in [-0.15, -0.1) is 0 Å². The predicted molar refractivity (Wildman–Crippen MR) is 232 cm³/mol. The minimum absolute atomic E-state index is 0.104. The maximum atomic E-state index is 13.8. The number of fused-ring (bicyclic) bond motifs is 4. The SMILES string of the molecule is CCn1nc(C)cc1C(=O)Nc1nc2cc(C(N)=O)cc(OCCCO)c2n1CC=CCn1c2nc(-c3cc(C)nn3CC)ncc2c2cc(C(N)=O)cc(OCCCOC)c21. The first-order valence-corrected chi connectivity index (χ1v) is 20.3. The van der Waals surface area contributed by atoms with Gasteiger partial charge in [0.05, 0.1) is 35.6 Å². The van der Waals surface area contributed by atoms with E-state index < -0.39 is 17.7 Å². The number of imidazole rings is 1. The lowest BCUT2D eigenvalue weighted by atomic mass is 10.1. The van der Waals surface area contributed by atoms with Crippen molar-refractivity contribution in [3.05, 3.63) is 83.0 Å². The molecule has 0 bridgehead atoms. The number of carbonyl (C=O) groups is 3. The molecule has 5 heterocycles. The molecule has 0 saturated carbocycles. The number of nitrogens with two attached hydrogens (primary N) is 2. The summed E-state index contributed by atoms with van der Waals surface area (Å²) in [6.07, 6.45) is 6.52. The minimum Gasteiger partial charge on any atom is -0.491 e. The number of nitrogens with zero attached hydrogens (tertiary/aromatic N) is 9. The number of primary amides is 2. The van der Waals surface area contributed by atoms with Crippen LogP contribution in [-0.4, -0.2) is 100 Å². The molecule has 0 fully saturated rings. The van der Waals surface area contributed by atoms with Crippen LogP contribution in [0.3, 0.4) is 0 Å². The van der Waals surface area contributed by atoms with Gasteiger partial charge in [0.1, 0.15) is 34.1 Å². The van der Waals surface area contributed by atoms with Crippen molar-refractivity contribution < 1.29 is 33.7 Å². The quantitative estimate of drug-likeness (QED) is 0.0610. The first-order valence-electron chi connectivity index (χ1n) is 20.3. The van der Waals surface area contributed by atoms with Crippen LogP contribution in [0, 0.1) is 13.8 Å². The summed E-state index contributed by atoms with van der Waals surface area (Å²) in [5.74, 6) is -0.321. The van der Waals surface area contributed by atoms with E-state index in [1.807, 2.05) is 55.2 Å². The van der Waals surface area contributed by atoms with Crippen LogP contribution in [-0.2, 0) is 30.9 Å². The van der Waals surface area contributed by atoms with Gasteiger partial charge >= 0.3 is 0 Å². The van der Waals surface area contributed by atoms with E-state index in [-0.39, 0.29) is 43.4 Å². The molecule has 5 aromatic heterocycles. The van der Waals surface area contributed by atoms with Crippen LogP contribution in [0.5, 0.6) is 11.5 Å². The van der Waals surface area contributed by atoms with Crippen molar-refractivity contribution in [3.63, 3.8) is 0 Å². The van der Waals surface area contributed by atoms with E-state index in [9.17, 15) is 19.5 Å². The number of amides is 3. The van der Waals surface area contributed by atoms with Gasteiger partial charge in [-0.2, -0.15) is 10.2 Å². The number of nitrogens with one attached hydrogen (secondary N) is 1. The van der Waals surface area contributed by atoms with Crippen molar-refractivity contribution in [3.8, 4) is 23.0 Å². The molecule has 0 aliphatic carbocycles. The van der Waals surface area contributed by atoms with E-state index in [2.05, 4.69) is 15.5 Å². The van der Waals surface area contributed by atoms with Crippen molar-refractivity contribution in [2.45, 2.75) is 66.7 Å². The number of rotatable bonds is 20. The summed E-state index contributed by atoms with van der Waals surface area (Å²) in [6, 6.07) is 10.1. The second kappa shape index (κ2) is 18.7. The van der Waals surface area contributed by atoms with Crippen LogP contribution >= 0.6 is 0 Å². The highest BCUT2D eigenvalue weighted by atomic mass is 16.5. The minimum atomic E-state index is -0.682. The molecule has 0 radical (unpaired) electrons. The molecule has 2 aromatic carbocycles. The van der Waals surface area contributed by atoms with E-state index in [0.29, 0.717) is 101 Å². The molecular weight excluding hydrogens is 797 g/mol. The monoisotopic (exact) mass is 846 g/mol. The highest BCUT2D eigenvalue weighted by Gasteiger charge is 2.23. The molecule has 0 saturated heterocycles. The van der Waals surface area contributed by atoms with Crippen LogP contribution in [0.2, 0.25) is 0 Å². The van der Waals surface area contributed by atoms with E-state index in [0.717, 1.165) is 11.4 Å². The fourth-order valence-electron chi connectivity index (χ4n) is 7.37. The lowest BCUT2D eigenvalue weighted by Crippen LogP contribution is -2.20. The first-order chi connectivity index (χ1) is 30.0. The fourth-order valence-corrected chi connectivity index (χ4v) is 7.37. The Kier molecular flexibility index (Phi) is 12.9. The third-order valence-electron chi connectivity index (χ3n) is 10.2. The molecule has 7 aromatic rings. The lowest BCUT2D eigenvalue weighted by molar-refractivity contribution is 0.0991. The molecule has 6 N–H and O–H groups in total. The first kappa shape index (κ1) is 43.0. The maximum Gasteiger partial charge on any atom is 0.276 e. The summed E-state index contributed by atoms with van der Waals surface area (Å²) >= 11 is 0. The van der Waals surface area contributed by atoms with Crippen molar-refractivity contribution in [1.29, 1.82) is 0 Å². The predicted octanol–water partition coefficient (Wildman–Crippen LogP) is 4.53. The number of hydrogen-bond donors (Lipinski definition) is 4. The smallest absolute Gasteiger partial charge is 0.276 e. The van der Waals surface area contributed by atoms with Gasteiger partial charge in [-0.1, -0.05) is 12.2 Å². The highest BCUT2D eigenvalue weighted by molar-refractivity contribution is 6.12. The Morgan fingerprint density at radius 1 is 0.774 bits per heavy atom. The Morgan fingerprint density at radius 3 is 2.10 bits per heavy atom. The topological polar surface area (TPSA) is 247 Å². The van der Waals surface area contributed by atoms with Gasteiger partial charge in [-0.05, 0) is 64.1 Å². The molecule has 324 valence electrons. The van der Waals surface area contributed by atoms with Gasteiger partial charge in [0.2, 0.25) is 17.8 Å². The Balaban J connectivity index is 1.34. The molecule has 0 spiro atoms. The molecular formula is C43H50N12O7. The number of anilines is 1. The van der Waals surface area contributed by atoms with Crippen LogP contribution in [0.4, 0.5) is 5.95 Å². The molecule has 0 aliphatic heterocycles. The molecule has 19 nitrogen and oxygen atoms in total. The van der Waals surface area contributed by atoms with E-state index in [1.165, 1.54) is 6.07 Å². The fraction of sp³-hybridized carbons (Fsp3) is 0.349. The molecule has 0 aliphatic rings. The van der Waals surface area contributed by atoms with Crippen LogP contribution in [0.25, 0.3) is 44.5 Å².